The molecule has 0 saturated heterocycles. The van der Waals surface area contributed by atoms with Crippen LogP contribution in [-0.4, -0.2) is 13.4 Å². The SMILES string of the molecule is Cc1cccc(-c2ncccc2-c2cc(F)c(S(N)(=O)=O)c(F)c2)c1. The van der Waals surface area contributed by atoms with Crippen molar-refractivity contribution in [2.24, 2.45) is 5.14 Å². The van der Waals surface area contributed by atoms with E-state index in [1.54, 1.807) is 18.3 Å². The summed E-state index contributed by atoms with van der Waals surface area (Å²) in [7, 11) is -4.50. The summed E-state index contributed by atoms with van der Waals surface area (Å²) in [6.45, 7) is 1.92. The van der Waals surface area contributed by atoms with Gasteiger partial charge in [-0.2, -0.15) is 0 Å². The highest BCUT2D eigenvalue weighted by molar-refractivity contribution is 7.89. The molecule has 0 unspecified atom stereocenters. The summed E-state index contributed by atoms with van der Waals surface area (Å²) in [4.78, 5) is 3.17. The second-order valence-electron chi connectivity index (χ2n) is 5.58. The first-order valence-electron chi connectivity index (χ1n) is 7.31. The highest BCUT2D eigenvalue weighted by Gasteiger charge is 2.22. The summed E-state index contributed by atoms with van der Waals surface area (Å²) >= 11 is 0. The van der Waals surface area contributed by atoms with Gasteiger partial charge in [0, 0.05) is 17.3 Å². The molecule has 0 bridgehead atoms. The van der Waals surface area contributed by atoms with Crippen LogP contribution in [0.2, 0.25) is 0 Å². The van der Waals surface area contributed by atoms with Gasteiger partial charge in [0.25, 0.3) is 0 Å². The monoisotopic (exact) mass is 360 g/mol. The molecule has 3 aromatic rings. The van der Waals surface area contributed by atoms with E-state index in [1.165, 1.54) is 0 Å². The summed E-state index contributed by atoms with van der Waals surface area (Å²) in [5, 5.41) is 4.86. The van der Waals surface area contributed by atoms with Crippen LogP contribution in [0.1, 0.15) is 5.56 Å². The number of hydrogen-bond acceptors (Lipinski definition) is 3. The number of sulfonamides is 1. The lowest BCUT2D eigenvalue weighted by Gasteiger charge is -2.11. The number of rotatable bonds is 3. The van der Waals surface area contributed by atoms with Gasteiger partial charge < -0.3 is 0 Å². The van der Waals surface area contributed by atoms with E-state index in [1.807, 2.05) is 31.2 Å². The second kappa shape index (κ2) is 6.34. The molecule has 7 heteroatoms. The molecule has 3 rings (SSSR count). The molecule has 0 radical (unpaired) electrons. The van der Waals surface area contributed by atoms with E-state index in [9.17, 15) is 17.2 Å². The zero-order valence-corrected chi connectivity index (χ0v) is 14.0. The zero-order chi connectivity index (χ0) is 18.2. The van der Waals surface area contributed by atoms with E-state index in [4.69, 9.17) is 5.14 Å². The number of halogens is 2. The first-order valence-corrected chi connectivity index (χ1v) is 8.86. The Morgan fingerprint density at radius 3 is 2.24 bits per heavy atom. The van der Waals surface area contributed by atoms with Crippen molar-refractivity contribution in [3.8, 4) is 22.4 Å². The van der Waals surface area contributed by atoms with E-state index in [2.05, 4.69) is 4.98 Å². The van der Waals surface area contributed by atoms with E-state index < -0.39 is 26.6 Å². The number of primary sulfonamides is 1. The maximum atomic E-state index is 14.2. The second-order valence-corrected chi connectivity index (χ2v) is 7.08. The van der Waals surface area contributed by atoms with Crippen molar-refractivity contribution in [1.29, 1.82) is 0 Å². The lowest BCUT2D eigenvalue weighted by molar-refractivity contribution is 0.520. The highest BCUT2D eigenvalue weighted by atomic mass is 32.2. The number of hydrogen-bond donors (Lipinski definition) is 1. The van der Waals surface area contributed by atoms with Crippen LogP contribution in [0.3, 0.4) is 0 Å². The van der Waals surface area contributed by atoms with Gasteiger partial charge in [0.15, 0.2) is 4.90 Å². The fourth-order valence-electron chi connectivity index (χ4n) is 2.65. The molecule has 25 heavy (non-hydrogen) atoms. The van der Waals surface area contributed by atoms with Crippen LogP contribution in [-0.2, 0) is 10.0 Å². The molecule has 0 atom stereocenters. The maximum Gasteiger partial charge on any atom is 0.243 e. The van der Waals surface area contributed by atoms with Gasteiger partial charge in [-0.25, -0.2) is 22.3 Å². The van der Waals surface area contributed by atoms with Crippen molar-refractivity contribution in [3.05, 3.63) is 71.9 Å². The molecule has 0 fully saturated rings. The van der Waals surface area contributed by atoms with Crippen molar-refractivity contribution in [2.45, 2.75) is 11.8 Å². The first kappa shape index (κ1) is 17.2. The quantitative estimate of drug-likeness (QED) is 0.775. The lowest BCUT2D eigenvalue weighted by Crippen LogP contribution is -2.16. The Morgan fingerprint density at radius 1 is 0.960 bits per heavy atom. The molecule has 1 heterocycles. The Kier molecular flexibility index (Phi) is 4.36. The first-order chi connectivity index (χ1) is 11.8. The van der Waals surface area contributed by atoms with Gasteiger partial charge in [0.05, 0.1) is 5.69 Å². The number of pyridine rings is 1. The van der Waals surface area contributed by atoms with Gasteiger partial charge in [-0.3, -0.25) is 4.98 Å². The van der Waals surface area contributed by atoms with Gasteiger partial charge in [-0.05, 0) is 36.8 Å². The third-order valence-corrected chi connectivity index (χ3v) is 4.65. The van der Waals surface area contributed by atoms with Crippen LogP contribution in [0.15, 0.2) is 59.6 Å². The lowest BCUT2D eigenvalue weighted by atomic mass is 9.98. The molecule has 2 aromatic carbocycles. The highest BCUT2D eigenvalue weighted by Crippen LogP contribution is 2.33. The summed E-state index contributed by atoms with van der Waals surface area (Å²) < 4.78 is 51.0. The minimum Gasteiger partial charge on any atom is -0.256 e. The van der Waals surface area contributed by atoms with Crippen molar-refractivity contribution < 1.29 is 17.2 Å². The summed E-state index contributed by atoms with van der Waals surface area (Å²) in [6, 6.07) is 12.7. The van der Waals surface area contributed by atoms with Gasteiger partial charge in [0.1, 0.15) is 11.6 Å². The Bertz CT molecular complexity index is 1040. The molecule has 0 saturated carbocycles. The molecule has 128 valence electrons. The van der Waals surface area contributed by atoms with Crippen LogP contribution in [0, 0.1) is 18.6 Å². The predicted octanol–water partition coefficient (Wildman–Crippen LogP) is 3.65. The molecule has 0 aliphatic rings. The topological polar surface area (TPSA) is 73.0 Å². The van der Waals surface area contributed by atoms with Crippen LogP contribution in [0.25, 0.3) is 22.4 Å². The van der Waals surface area contributed by atoms with Gasteiger partial charge >= 0.3 is 0 Å². The molecular formula is C18H14F2N2O2S. The third-order valence-electron chi connectivity index (χ3n) is 3.69. The van der Waals surface area contributed by atoms with Crippen molar-refractivity contribution in [3.63, 3.8) is 0 Å². The summed E-state index contributed by atoms with van der Waals surface area (Å²) in [6.07, 6.45) is 1.58. The van der Waals surface area contributed by atoms with E-state index >= 15 is 0 Å². The smallest absolute Gasteiger partial charge is 0.243 e. The van der Waals surface area contributed by atoms with Crippen molar-refractivity contribution in [1.82, 2.24) is 4.98 Å². The molecule has 1 aromatic heterocycles. The van der Waals surface area contributed by atoms with Crippen LogP contribution in [0.4, 0.5) is 8.78 Å². The number of aromatic nitrogens is 1. The van der Waals surface area contributed by atoms with E-state index in [-0.39, 0.29) is 5.56 Å². The molecule has 4 nitrogen and oxygen atoms in total. The Balaban J connectivity index is 2.22. The number of benzene rings is 2. The fraction of sp³-hybridized carbons (Fsp3) is 0.0556. The molecule has 2 N–H and O–H groups in total. The molecule has 0 aliphatic heterocycles. The molecular weight excluding hydrogens is 346 g/mol. The van der Waals surface area contributed by atoms with Gasteiger partial charge in [-0.1, -0.05) is 29.8 Å². The third kappa shape index (κ3) is 3.42. The number of aryl methyl sites for hydroxylation is 1. The minimum absolute atomic E-state index is 0.173. The minimum atomic E-state index is -4.50. The molecule has 0 amide bonds. The van der Waals surface area contributed by atoms with Crippen LogP contribution in [0.5, 0.6) is 0 Å². The fourth-order valence-corrected chi connectivity index (χ4v) is 3.31. The largest absolute Gasteiger partial charge is 0.256 e. The summed E-state index contributed by atoms with van der Waals surface area (Å²) in [5.41, 5.74) is 2.98. The van der Waals surface area contributed by atoms with Gasteiger partial charge in [-0.15, -0.1) is 0 Å². The van der Waals surface area contributed by atoms with E-state index in [0.29, 0.717) is 11.3 Å². The Hall–Kier alpha value is -2.64. The number of nitrogens with two attached hydrogens (primary N) is 1. The van der Waals surface area contributed by atoms with E-state index in [0.717, 1.165) is 23.3 Å². The Labute approximate surface area is 144 Å². The summed E-state index contributed by atoms with van der Waals surface area (Å²) in [5.74, 6) is -2.48. The normalized spacial score (nSPS) is 11.5. The predicted molar refractivity (Wildman–Crippen MR) is 91.1 cm³/mol. The molecule has 0 spiro atoms. The Morgan fingerprint density at radius 2 is 1.64 bits per heavy atom. The number of nitrogens with zero attached hydrogens (tertiary/aromatic N) is 1. The maximum absolute atomic E-state index is 14.2. The molecule has 0 aliphatic carbocycles. The average molecular weight is 360 g/mol. The van der Waals surface area contributed by atoms with Gasteiger partial charge in [0.2, 0.25) is 10.0 Å². The standard InChI is InChI=1S/C18H14F2N2O2S/c1-11-4-2-5-12(8-11)17-14(6-3-7-22-17)13-9-15(19)18(16(20)10-13)25(21,23)24/h2-10H,1H3,(H2,21,23,24). The van der Waals surface area contributed by atoms with Crippen molar-refractivity contribution in [2.75, 3.05) is 0 Å². The van der Waals surface area contributed by atoms with Crippen LogP contribution >= 0.6 is 0 Å². The van der Waals surface area contributed by atoms with Crippen molar-refractivity contribution >= 4 is 10.0 Å². The zero-order valence-electron chi connectivity index (χ0n) is 13.2. The average Bonchev–Trinajstić information content (AvgIpc) is 2.53. The van der Waals surface area contributed by atoms with Crippen LogP contribution < -0.4 is 5.14 Å².